The molecule has 0 fully saturated rings. The molecule has 0 heterocycles. The van der Waals surface area contributed by atoms with Gasteiger partial charge in [-0.25, -0.2) is 13.8 Å². The third kappa shape index (κ3) is 6.20. The van der Waals surface area contributed by atoms with Gasteiger partial charge in [0, 0.05) is 0 Å². The van der Waals surface area contributed by atoms with E-state index in [1.54, 1.807) is 43.3 Å². The Bertz CT molecular complexity index is 1220. The first-order valence-electron chi connectivity index (χ1n) is 10.5. The molecular weight excluding hydrogens is 438 g/mol. The van der Waals surface area contributed by atoms with Gasteiger partial charge >= 0.3 is 0 Å². The molecule has 1 amide bonds. The van der Waals surface area contributed by atoms with E-state index in [1.165, 1.54) is 12.1 Å². The molecule has 3 aromatic rings. The fourth-order valence-corrected chi connectivity index (χ4v) is 4.59. The van der Waals surface area contributed by atoms with Gasteiger partial charge in [-0.05, 0) is 80.4 Å². The van der Waals surface area contributed by atoms with Crippen LogP contribution >= 0.6 is 0 Å². The number of benzene rings is 3. The normalized spacial score (nSPS) is 11.7. The number of ether oxygens (including phenoxy) is 1. The number of sulfonamides is 1. The van der Waals surface area contributed by atoms with Crippen molar-refractivity contribution in [1.29, 1.82) is 0 Å². The molecule has 172 valence electrons. The summed E-state index contributed by atoms with van der Waals surface area (Å²) in [6, 6.07) is 22.4. The highest BCUT2D eigenvalue weighted by Gasteiger charge is 2.27. The van der Waals surface area contributed by atoms with Gasteiger partial charge in [0.05, 0.1) is 22.9 Å². The van der Waals surface area contributed by atoms with Crippen LogP contribution in [-0.4, -0.2) is 33.2 Å². The highest BCUT2D eigenvalue weighted by atomic mass is 32.2. The van der Waals surface area contributed by atoms with Crippen molar-refractivity contribution in [3.63, 3.8) is 0 Å². The Hall–Kier alpha value is -3.65. The third-order valence-electron chi connectivity index (χ3n) is 4.84. The lowest BCUT2D eigenvalue weighted by Gasteiger charge is -2.24. The second-order valence-electron chi connectivity index (χ2n) is 7.35. The van der Waals surface area contributed by atoms with Crippen molar-refractivity contribution in [3.05, 3.63) is 90.0 Å². The number of hydrogen-bond acceptors (Lipinski definition) is 5. The van der Waals surface area contributed by atoms with Crippen LogP contribution in [0.15, 0.2) is 88.9 Å². The molecule has 0 spiro atoms. The monoisotopic (exact) mass is 465 g/mol. The van der Waals surface area contributed by atoms with E-state index in [-0.39, 0.29) is 4.90 Å². The summed E-state index contributed by atoms with van der Waals surface area (Å²) in [6.45, 7) is 5.69. The first-order valence-corrected chi connectivity index (χ1v) is 12.0. The first-order chi connectivity index (χ1) is 15.8. The Labute approximate surface area is 194 Å². The average molecular weight is 466 g/mol. The number of rotatable bonds is 9. The van der Waals surface area contributed by atoms with Gasteiger partial charge in [0.15, 0.2) is 0 Å². The molecule has 3 aromatic carbocycles. The summed E-state index contributed by atoms with van der Waals surface area (Å²) in [5, 5.41) is 4.14. The second kappa shape index (κ2) is 10.8. The Morgan fingerprint density at radius 2 is 1.70 bits per heavy atom. The fourth-order valence-electron chi connectivity index (χ4n) is 3.15. The minimum Gasteiger partial charge on any atom is -0.494 e. The van der Waals surface area contributed by atoms with Gasteiger partial charge in [-0.1, -0.05) is 30.3 Å². The van der Waals surface area contributed by atoms with Crippen molar-refractivity contribution in [3.8, 4) is 5.75 Å². The lowest BCUT2D eigenvalue weighted by molar-refractivity contribution is -0.119. The number of carbonyl (C=O) groups excluding carboxylic acids is 1. The zero-order valence-electron chi connectivity index (χ0n) is 18.9. The molecule has 0 radical (unpaired) electrons. The van der Waals surface area contributed by atoms with Gasteiger partial charge in [-0.2, -0.15) is 5.10 Å². The minimum absolute atomic E-state index is 0.105. The Kier molecular flexibility index (Phi) is 7.84. The smallest absolute Gasteiger partial charge is 0.264 e. The summed E-state index contributed by atoms with van der Waals surface area (Å²) < 4.78 is 33.2. The summed E-state index contributed by atoms with van der Waals surface area (Å²) in [5.74, 6) is 0.194. The van der Waals surface area contributed by atoms with Crippen molar-refractivity contribution in [2.45, 2.75) is 25.7 Å². The van der Waals surface area contributed by atoms with E-state index in [0.717, 1.165) is 21.2 Å². The highest BCUT2D eigenvalue weighted by molar-refractivity contribution is 7.92. The zero-order valence-corrected chi connectivity index (χ0v) is 19.7. The van der Waals surface area contributed by atoms with Crippen LogP contribution in [-0.2, 0) is 14.8 Å². The lowest BCUT2D eigenvalue weighted by atomic mass is 10.1. The third-order valence-corrected chi connectivity index (χ3v) is 6.63. The topological polar surface area (TPSA) is 88.1 Å². The molecule has 8 heteroatoms. The van der Waals surface area contributed by atoms with E-state index < -0.39 is 22.5 Å². The Balaban J connectivity index is 1.81. The molecule has 0 saturated carbocycles. The maximum absolute atomic E-state index is 13.3. The van der Waals surface area contributed by atoms with E-state index >= 15 is 0 Å². The highest BCUT2D eigenvalue weighted by Crippen LogP contribution is 2.24. The van der Waals surface area contributed by atoms with Crippen molar-refractivity contribution in [2.75, 3.05) is 17.5 Å². The molecule has 0 aromatic heterocycles. The number of hydrogen-bond donors (Lipinski definition) is 1. The van der Waals surface area contributed by atoms with Crippen molar-refractivity contribution >= 4 is 27.3 Å². The second-order valence-corrected chi connectivity index (χ2v) is 9.22. The van der Waals surface area contributed by atoms with E-state index in [2.05, 4.69) is 10.5 Å². The summed E-state index contributed by atoms with van der Waals surface area (Å²) >= 11 is 0. The number of nitrogens with zero attached hydrogens (tertiary/aromatic N) is 2. The van der Waals surface area contributed by atoms with E-state index in [0.29, 0.717) is 18.0 Å². The van der Waals surface area contributed by atoms with Crippen LogP contribution in [0.4, 0.5) is 5.69 Å². The molecule has 33 heavy (non-hydrogen) atoms. The molecule has 0 aliphatic heterocycles. The molecular formula is C25H27N3O4S. The van der Waals surface area contributed by atoms with E-state index in [4.69, 9.17) is 4.74 Å². The molecule has 0 saturated heterocycles. The fraction of sp³-hybridized carbons (Fsp3) is 0.200. The predicted molar refractivity (Wildman–Crippen MR) is 130 cm³/mol. The van der Waals surface area contributed by atoms with Crippen molar-refractivity contribution < 1.29 is 17.9 Å². The SMILES string of the molecule is CCOc1ccc(/C(C)=N\NC(=O)CN(c2cccc(C)c2)S(=O)(=O)c2ccccc2)cc1. The number of amides is 1. The van der Waals surface area contributed by atoms with E-state index in [9.17, 15) is 13.2 Å². The van der Waals surface area contributed by atoms with Gasteiger partial charge in [0.25, 0.3) is 15.9 Å². The van der Waals surface area contributed by atoms with Crippen molar-refractivity contribution in [2.24, 2.45) is 5.10 Å². The molecule has 0 bridgehead atoms. The first kappa shape index (κ1) is 24.0. The van der Waals surface area contributed by atoms with Gasteiger partial charge in [0.2, 0.25) is 0 Å². The Morgan fingerprint density at radius 1 is 1.00 bits per heavy atom. The molecule has 0 atom stereocenters. The molecule has 0 aliphatic carbocycles. The van der Waals surface area contributed by atoms with Crippen LogP contribution in [0.3, 0.4) is 0 Å². The maximum Gasteiger partial charge on any atom is 0.264 e. The quantitative estimate of drug-likeness (QED) is 0.380. The summed E-state index contributed by atoms with van der Waals surface area (Å²) in [4.78, 5) is 12.8. The van der Waals surface area contributed by atoms with Crippen LogP contribution in [0.1, 0.15) is 25.0 Å². The summed E-state index contributed by atoms with van der Waals surface area (Å²) in [7, 11) is -3.96. The Morgan fingerprint density at radius 3 is 2.33 bits per heavy atom. The number of aryl methyl sites for hydroxylation is 1. The standard InChI is InChI=1S/C25H27N3O4S/c1-4-32-23-15-13-21(14-16-23)20(3)26-27-25(29)18-28(22-10-8-9-19(2)17-22)33(30,31)24-11-6-5-7-12-24/h5-17H,4,18H2,1-3H3,(H,27,29)/b26-20-. The largest absolute Gasteiger partial charge is 0.494 e. The van der Waals surface area contributed by atoms with Crippen LogP contribution in [0.25, 0.3) is 0 Å². The minimum atomic E-state index is -3.96. The summed E-state index contributed by atoms with van der Waals surface area (Å²) in [5.41, 5.74) is 5.15. The van der Waals surface area contributed by atoms with Gasteiger partial charge in [-0.15, -0.1) is 0 Å². The van der Waals surface area contributed by atoms with Gasteiger partial charge < -0.3 is 4.74 Å². The molecule has 0 unspecified atom stereocenters. The molecule has 7 nitrogen and oxygen atoms in total. The maximum atomic E-state index is 13.3. The molecule has 0 aliphatic rings. The van der Waals surface area contributed by atoms with Crippen LogP contribution in [0.5, 0.6) is 5.75 Å². The average Bonchev–Trinajstić information content (AvgIpc) is 2.82. The molecule has 3 rings (SSSR count). The number of anilines is 1. The van der Waals surface area contributed by atoms with Crippen molar-refractivity contribution in [1.82, 2.24) is 5.43 Å². The van der Waals surface area contributed by atoms with Crippen LogP contribution < -0.4 is 14.5 Å². The number of hydrazone groups is 1. The summed E-state index contributed by atoms with van der Waals surface area (Å²) in [6.07, 6.45) is 0. The predicted octanol–water partition coefficient (Wildman–Crippen LogP) is 4.13. The van der Waals surface area contributed by atoms with Crippen LogP contribution in [0, 0.1) is 6.92 Å². The number of carbonyl (C=O) groups is 1. The van der Waals surface area contributed by atoms with Crippen LogP contribution in [0.2, 0.25) is 0 Å². The molecule has 1 N–H and O–H groups in total. The lowest BCUT2D eigenvalue weighted by Crippen LogP contribution is -2.39. The van der Waals surface area contributed by atoms with Gasteiger partial charge in [0.1, 0.15) is 12.3 Å². The van der Waals surface area contributed by atoms with E-state index in [1.807, 2.05) is 44.2 Å². The number of nitrogens with one attached hydrogen (secondary N) is 1. The van der Waals surface area contributed by atoms with Gasteiger partial charge in [-0.3, -0.25) is 9.10 Å². The zero-order chi connectivity index (χ0) is 23.8.